The van der Waals surface area contributed by atoms with Crippen LogP contribution < -0.4 is 5.32 Å². The van der Waals surface area contributed by atoms with Gasteiger partial charge in [-0.25, -0.2) is 4.79 Å². The third-order valence-corrected chi connectivity index (χ3v) is 3.71. The topological polar surface area (TPSA) is 68.0 Å². The molecule has 0 aliphatic heterocycles. The Hall–Kier alpha value is -2.31. The Balaban J connectivity index is 1.77. The standard InChI is InChI=1S/C16H26N6O/c1-12(9-22-14(3)6-13(2)19-22)7-17-16(23)20(4)10-15-8-18-21(5)11-15/h6,8,11-12H,7,9-10H2,1-5H3,(H,17,23). The summed E-state index contributed by atoms with van der Waals surface area (Å²) in [6.45, 7) is 8.11. The molecule has 0 spiro atoms. The molecule has 0 aromatic carbocycles. The molecule has 23 heavy (non-hydrogen) atoms. The molecule has 2 rings (SSSR count). The Morgan fingerprint density at radius 1 is 1.43 bits per heavy atom. The van der Waals surface area contributed by atoms with E-state index in [1.165, 1.54) is 0 Å². The number of nitrogens with one attached hydrogen (secondary N) is 1. The van der Waals surface area contributed by atoms with Crippen LogP contribution in [-0.4, -0.2) is 44.1 Å². The molecule has 7 nitrogen and oxygen atoms in total. The first-order valence-corrected chi connectivity index (χ1v) is 7.82. The van der Waals surface area contributed by atoms with Gasteiger partial charge in [0.2, 0.25) is 0 Å². The minimum atomic E-state index is -0.0749. The van der Waals surface area contributed by atoms with Crippen LogP contribution >= 0.6 is 0 Å². The largest absolute Gasteiger partial charge is 0.338 e. The fourth-order valence-corrected chi connectivity index (χ4v) is 2.52. The van der Waals surface area contributed by atoms with Gasteiger partial charge in [0.1, 0.15) is 0 Å². The molecule has 0 fully saturated rings. The second kappa shape index (κ2) is 7.30. The van der Waals surface area contributed by atoms with E-state index < -0.39 is 0 Å². The first-order valence-electron chi connectivity index (χ1n) is 7.82. The van der Waals surface area contributed by atoms with Crippen LogP contribution in [0.3, 0.4) is 0 Å². The van der Waals surface area contributed by atoms with Crippen LogP contribution in [0.15, 0.2) is 18.5 Å². The zero-order valence-electron chi connectivity index (χ0n) is 14.6. The van der Waals surface area contributed by atoms with Gasteiger partial charge in [-0.15, -0.1) is 0 Å². The van der Waals surface area contributed by atoms with Crippen molar-refractivity contribution in [2.75, 3.05) is 13.6 Å². The Morgan fingerprint density at radius 2 is 2.17 bits per heavy atom. The van der Waals surface area contributed by atoms with E-state index in [1.54, 1.807) is 22.8 Å². The lowest BCUT2D eigenvalue weighted by atomic mass is 10.2. The van der Waals surface area contributed by atoms with Crippen LogP contribution in [0.2, 0.25) is 0 Å². The molecule has 0 saturated carbocycles. The van der Waals surface area contributed by atoms with Crippen LogP contribution in [-0.2, 0) is 20.1 Å². The summed E-state index contributed by atoms with van der Waals surface area (Å²) in [4.78, 5) is 13.8. The molecule has 0 aliphatic carbocycles. The minimum Gasteiger partial charge on any atom is -0.338 e. The van der Waals surface area contributed by atoms with Gasteiger partial charge in [0.25, 0.3) is 0 Å². The Kier molecular flexibility index (Phi) is 5.41. The second-order valence-electron chi connectivity index (χ2n) is 6.28. The van der Waals surface area contributed by atoms with E-state index in [0.29, 0.717) is 19.0 Å². The van der Waals surface area contributed by atoms with Crippen molar-refractivity contribution in [3.8, 4) is 0 Å². The van der Waals surface area contributed by atoms with Crippen molar-refractivity contribution < 1.29 is 4.79 Å². The van der Waals surface area contributed by atoms with Gasteiger partial charge in [-0.2, -0.15) is 10.2 Å². The number of hydrogen-bond acceptors (Lipinski definition) is 3. The first kappa shape index (κ1) is 17.1. The summed E-state index contributed by atoms with van der Waals surface area (Å²) in [5, 5.41) is 11.5. The molecule has 2 amide bonds. The number of aromatic nitrogens is 4. The number of urea groups is 1. The van der Waals surface area contributed by atoms with Crippen molar-refractivity contribution in [1.82, 2.24) is 29.8 Å². The quantitative estimate of drug-likeness (QED) is 0.881. The number of hydrogen-bond donors (Lipinski definition) is 1. The van der Waals surface area contributed by atoms with Crippen LogP contribution in [0.4, 0.5) is 4.79 Å². The molecule has 0 saturated heterocycles. The molecule has 1 N–H and O–H groups in total. The zero-order chi connectivity index (χ0) is 17.0. The molecular weight excluding hydrogens is 292 g/mol. The van der Waals surface area contributed by atoms with E-state index in [1.807, 2.05) is 31.8 Å². The number of amides is 2. The summed E-state index contributed by atoms with van der Waals surface area (Å²) in [7, 11) is 3.65. The summed E-state index contributed by atoms with van der Waals surface area (Å²) in [5.41, 5.74) is 3.19. The zero-order valence-corrected chi connectivity index (χ0v) is 14.6. The third-order valence-electron chi connectivity index (χ3n) is 3.71. The van der Waals surface area contributed by atoms with Gasteiger partial charge in [0.15, 0.2) is 0 Å². The van der Waals surface area contributed by atoms with Gasteiger partial charge in [0.05, 0.1) is 18.4 Å². The summed E-state index contributed by atoms with van der Waals surface area (Å²) in [6, 6.07) is 1.99. The minimum absolute atomic E-state index is 0.0749. The van der Waals surface area contributed by atoms with Gasteiger partial charge in [0, 0.05) is 44.6 Å². The van der Waals surface area contributed by atoms with Crippen molar-refractivity contribution in [2.24, 2.45) is 13.0 Å². The molecule has 0 bridgehead atoms. The fourth-order valence-electron chi connectivity index (χ4n) is 2.52. The van der Waals surface area contributed by atoms with Crippen molar-refractivity contribution in [1.29, 1.82) is 0 Å². The Bertz CT molecular complexity index is 659. The van der Waals surface area contributed by atoms with Crippen molar-refractivity contribution in [3.05, 3.63) is 35.4 Å². The van der Waals surface area contributed by atoms with Gasteiger partial charge in [-0.1, -0.05) is 6.92 Å². The van der Waals surface area contributed by atoms with Gasteiger partial charge in [-0.05, 0) is 25.8 Å². The predicted octanol–water partition coefficient (Wildman–Crippen LogP) is 1.71. The number of carbonyl (C=O) groups excluding carboxylic acids is 1. The maximum Gasteiger partial charge on any atom is 0.317 e. The second-order valence-corrected chi connectivity index (χ2v) is 6.28. The highest BCUT2D eigenvalue weighted by Gasteiger charge is 2.12. The lowest BCUT2D eigenvalue weighted by Crippen LogP contribution is -2.39. The van der Waals surface area contributed by atoms with Gasteiger partial charge >= 0.3 is 6.03 Å². The molecular formula is C16H26N6O. The SMILES string of the molecule is Cc1cc(C)n(CC(C)CNC(=O)N(C)Cc2cnn(C)c2)n1. The molecule has 1 atom stereocenters. The summed E-state index contributed by atoms with van der Waals surface area (Å²) in [5.74, 6) is 0.309. The number of carbonyl (C=O) groups is 1. The van der Waals surface area contributed by atoms with Crippen molar-refractivity contribution in [2.45, 2.75) is 33.9 Å². The fraction of sp³-hybridized carbons (Fsp3) is 0.562. The maximum atomic E-state index is 12.1. The highest BCUT2D eigenvalue weighted by Crippen LogP contribution is 2.06. The molecule has 2 aromatic heterocycles. The molecule has 7 heteroatoms. The molecule has 1 unspecified atom stereocenters. The highest BCUT2D eigenvalue weighted by atomic mass is 16.2. The maximum absolute atomic E-state index is 12.1. The summed E-state index contributed by atoms with van der Waals surface area (Å²) < 4.78 is 3.73. The summed E-state index contributed by atoms with van der Waals surface area (Å²) in [6.07, 6.45) is 3.68. The number of nitrogens with zero attached hydrogens (tertiary/aromatic N) is 5. The molecule has 126 valence electrons. The Morgan fingerprint density at radius 3 is 2.74 bits per heavy atom. The van der Waals surface area contributed by atoms with E-state index in [0.717, 1.165) is 23.5 Å². The smallest absolute Gasteiger partial charge is 0.317 e. The van der Waals surface area contributed by atoms with Crippen LogP contribution in [0.5, 0.6) is 0 Å². The van der Waals surface area contributed by atoms with Crippen LogP contribution in [0.1, 0.15) is 23.9 Å². The molecule has 0 aliphatic rings. The molecule has 2 heterocycles. The number of aryl methyl sites for hydroxylation is 3. The van der Waals surface area contributed by atoms with E-state index in [2.05, 4.69) is 28.5 Å². The lowest BCUT2D eigenvalue weighted by molar-refractivity contribution is 0.204. The average molecular weight is 318 g/mol. The summed E-state index contributed by atoms with van der Waals surface area (Å²) >= 11 is 0. The third kappa shape index (κ3) is 4.84. The van der Waals surface area contributed by atoms with E-state index in [-0.39, 0.29) is 6.03 Å². The lowest BCUT2D eigenvalue weighted by Gasteiger charge is -2.19. The monoisotopic (exact) mass is 318 g/mol. The first-order chi connectivity index (χ1) is 10.8. The normalized spacial score (nSPS) is 12.2. The van der Waals surface area contributed by atoms with E-state index >= 15 is 0 Å². The average Bonchev–Trinajstić information content (AvgIpc) is 3.01. The van der Waals surface area contributed by atoms with Gasteiger partial charge in [-0.3, -0.25) is 9.36 Å². The van der Waals surface area contributed by atoms with Crippen LogP contribution in [0.25, 0.3) is 0 Å². The molecule has 2 aromatic rings. The molecule has 0 radical (unpaired) electrons. The van der Waals surface area contributed by atoms with E-state index in [4.69, 9.17) is 0 Å². The van der Waals surface area contributed by atoms with Crippen LogP contribution in [0, 0.1) is 19.8 Å². The van der Waals surface area contributed by atoms with Crippen molar-refractivity contribution >= 4 is 6.03 Å². The Labute approximate surface area is 137 Å². The van der Waals surface area contributed by atoms with Gasteiger partial charge < -0.3 is 10.2 Å². The highest BCUT2D eigenvalue weighted by molar-refractivity contribution is 5.73. The van der Waals surface area contributed by atoms with Crippen molar-refractivity contribution in [3.63, 3.8) is 0 Å². The predicted molar refractivity (Wildman–Crippen MR) is 88.9 cm³/mol. The van der Waals surface area contributed by atoms with E-state index in [9.17, 15) is 4.79 Å². The number of rotatable bonds is 6.